The quantitative estimate of drug-likeness (QED) is 0.654. The van der Waals surface area contributed by atoms with Crippen LogP contribution in [0.5, 0.6) is 0 Å². The van der Waals surface area contributed by atoms with E-state index in [0.29, 0.717) is 11.3 Å². The second-order valence-electron chi connectivity index (χ2n) is 9.46. The van der Waals surface area contributed by atoms with Gasteiger partial charge < -0.3 is 5.32 Å². The smallest absolute Gasteiger partial charge is 0.262 e. The van der Waals surface area contributed by atoms with Crippen LogP contribution in [0.4, 0.5) is 5.69 Å². The van der Waals surface area contributed by atoms with Crippen LogP contribution in [0, 0.1) is 25.2 Å². The van der Waals surface area contributed by atoms with Gasteiger partial charge in [0.2, 0.25) is 5.91 Å². The first kappa shape index (κ1) is 20.8. The van der Waals surface area contributed by atoms with Gasteiger partial charge in [0.25, 0.3) is 5.56 Å². The number of hydrogen-bond donors (Lipinski definition) is 1. The van der Waals surface area contributed by atoms with E-state index in [1.54, 1.807) is 11.3 Å². The Morgan fingerprint density at radius 2 is 2.07 bits per heavy atom. The number of carbonyl (C=O) groups is 1. The van der Waals surface area contributed by atoms with Gasteiger partial charge in [0.15, 0.2) is 0 Å². The number of aromatic nitrogens is 2. The molecule has 0 spiro atoms. The van der Waals surface area contributed by atoms with E-state index in [0.717, 1.165) is 46.5 Å². The molecule has 2 heterocycles. The summed E-state index contributed by atoms with van der Waals surface area (Å²) in [7, 11) is 0. The molecule has 0 saturated heterocycles. The minimum atomic E-state index is -0.219. The van der Waals surface area contributed by atoms with Gasteiger partial charge in [0.1, 0.15) is 11.4 Å². The van der Waals surface area contributed by atoms with E-state index in [9.17, 15) is 9.59 Å². The van der Waals surface area contributed by atoms with Crippen molar-refractivity contribution in [2.45, 2.75) is 60.4 Å². The lowest BCUT2D eigenvalue weighted by Gasteiger charge is -2.33. The van der Waals surface area contributed by atoms with Crippen molar-refractivity contribution in [3.8, 4) is 0 Å². The first-order valence-electron chi connectivity index (χ1n) is 10.5. The van der Waals surface area contributed by atoms with Crippen LogP contribution in [0.15, 0.2) is 29.3 Å². The van der Waals surface area contributed by atoms with E-state index in [1.807, 2.05) is 32.0 Å². The SMILES string of the molecule is Cc1cccc(NC(=O)Cn2cnc3sc4c(c3c2=O)CCC(C(C)(C)C)C4)c1C. The monoisotopic (exact) mass is 423 g/mol. The summed E-state index contributed by atoms with van der Waals surface area (Å²) in [6.07, 6.45) is 4.51. The molecule has 0 bridgehead atoms. The molecule has 6 heteroatoms. The Morgan fingerprint density at radius 1 is 1.30 bits per heavy atom. The van der Waals surface area contributed by atoms with E-state index < -0.39 is 0 Å². The molecule has 0 saturated carbocycles. The first-order valence-corrected chi connectivity index (χ1v) is 11.3. The normalized spacial score (nSPS) is 16.5. The number of thiophene rings is 1. The Labute approximate surface area is 181 Å². The second kappa shape index (κ2) is 7.65. The van der Waals surface area contributed by atoms with Gasteiger partial charge in [-0.15, -0.1) is 11.3 Å². The fraction of sp³-hybridized carbons (Fsp3) is 0.458. The largest absolute Gasteiger partial charge is 0.324 e. The van der Waals surface area contributed by atoms with Gasteiger partial charge in [-0.05, 0) is 67.2 Å². The molecule has 4 rings (SSSR count). The summed E-state index contributed by atoms with van der Waals surface area (Å²) in [5, 5.41) is 3.64. The van der Waals surface area contributed by atoms with Crippen molar-refractivity contribution in [1.82, 2.24) is 9.55 Å². The average Bonchev–Trinajstić information content (AvgIpc) is 3.05. The van der Waals surface area contributed by atoms with E-state index in [4.69, 9.17) is 0 Å². The van der Waals surface area contributed by atoms with Crippen molar-refractivity contribution >= 4 is 33.1 Å². The van der Waals surface area contributed by atoms with Gasteiger partial charge in [-0.1, -0.05) is 32.9 Å². The lowest BCUT2D eigenvalue weighted by atomic mass is 9.72. The molecule has 0 fully saturated rings. The Balaban J connectivity index is 1.61. The lowest BCUT2D eigenvalue weighted by molar-refractivity contribution is -0.116. The number of nitrogens with one attached hydrogen (secondary N) is 1. The topological polar surface area (TPSA) is 64.0 Å². The highest BCUT2D eigenvalue weighted by molar-refractivity contribution is 7.18. The van der Waals surface area contributed by atoms with Crippen LogP contribution in [-0.4, -0.2) is 15.5 Å². The number of nitrogens with zero attached hydrogens (tertiary/aromatic N) is 2. The summed E-state index contributed by atoms with van der Waals surface area (Å²) >= 11 is 1.64. The van der Waals surface area contributed by atoms with Crippen LogP contribution in [0.3, 0.4) is 0 Å². The summed E-state index contributed by atoms with van der Waals surface area (Å²) in [6, 6.07) is 5.81. The molecule has 1 unspecified atom stereocenters. The third-order valence-electron chi connectivity index (χ3n) is 6.45. The molecule has 30 heavy (non-hydrogen) atoms. The molecule has 3 aromatic rings. The van der Waals surface area contributed by atoms with Crippen molar-refractivity contribution in [2.24, 2.45) is 11.3 Å². The second-order valence-corrected chi connectivity index (χ2v) is 10.5. The Hall–Kier alpha value is -2.47. The van der Waals surface area contributed by atoms with Crippen LogP contribution in [0.1, 0.15) is 48.8 Å². The molecule has 1 aromatic carbocycles. The Kier molecular flexibility index (Phi) is 5.30. The van der Waals surface area contributed by atoms with Crippen molar-refractivity contribution in [3.63, 3.8) is 0 Å². The lowest BCUT2D eigenvalue weighted by Crippen LogP contribution is -2.29. The van der Waals surface area contributed by atoms with Crippen molar-refractivity contribution < 1.29 is 4.79 Å². The number of benzene rings is 1. The summed E-state index contributed by atoms with van der Waals surface area (Å²) in [5.41, 5.74) is 4.23. The summed E-state index contributed by atoms with van der Waals surface area (Å²) in [4.78, 5) is 32.4. The Bertz CT molecular complexity index is 1180. The van der Waals surface area contributed by atoms with Crippen molar-refractivity contribution in [1.29, 1.82) is 0 Å². The summed E-state index contributed by atoms with van der Waals surface area (Å²) in [5.74, 6) is 0.396. The number of anilines is 1. The highest BCUT2D eigenvalue weighted by atomic mass is 32.1. The van der Waals surface area contributed by atoms with Gasteiger partial charge in [0.05, 0.1) is 11.7 Å². The maximum Gasteiger partial charge on any atom is 0.262 e. The Morgan fingerprint density at radius 3 is 2.80 bits per heavy atom. The maximum atomic E-state index is 13.2. The molecule has 1 aliphatic carbocycles. The first-order chi connectivity index (χ1) is 14.1. The standard InChI is InChI=1S/C24H29N3O2S/c1-14-7-6-8-18(15(14)2)26-20(28)12-27-13-25-22-21(23(27)29)17-10-9-16(24(3,4)5)11-19(17)30-22/h6-8,13,16H,9-12H2,1-5H3,(H,26,28). The molecule has 0 radical (unpaired) electrons. The van der Waals surface area contributed by atoms with Crippen LogP contribution < -0.4 is 10.9 Å². The highest BCUT2D eigenvalue weighted by Crippen LogP contribution is 2.41. The molecule has 5 nitrogen and oxygen atoms in total. The fourth-order valence-corrected chi connectivity index (χ4v) is 5.54. The van der Waals surface area contributed by atoms with E-state index >= 15 is 0 Å². The van der Waals surface area contributed by atoms with Crippen LogP contribution >= 0.6 is 11.3 Å². The zero-order valence-electron chi connectivity index (χ0n) is 18.3. The van der Waals surface area contributed by atoms with Crippen LogP contribution in [0.2, 0.25) is 0 Å². The van der Waals surface area contributed by atoms with Crippen molar-refractivity contribution in [3.05, 3.63) is 56.4 Å². The zero-order valence-corrected chi connectivity index (χ0v) is 19.2. The molecule has 158 valence electrons. The predicted octanol–water partition coefficient (Wildman–Crippen LogP) is 4.86. The molecule has 1 amide bonds. The average molecular weight is 424 g/mol. The molecular weight excluding hydrogens is 394 g/mol. The third-order valence-corrected chi connectivity index (χ3v) is 7.62. The number of amides is 1. The number of carbonyl (C=O) groups excluding carboxylic acids is 1. The third kappa shape index (κ3) is 3.81. The van der Waals surface area contributed by atoms with Gasteiger partial charge in [-0.25, -0.2) is 4.98 Å². The molecule has 1 aliphatic rings. The van der Waals surface area contributed by atoms with Gasteiger partial charge in [0, 0.05) is 10.6 Å². The zero-order chi connectivity index (χ0) is 21.6. The predicted molar refractivity (Wildman–Crippen MR) is 123 cm³/mol. The summed E-state index contributed by atoms with van der Waals surface area (Å²) < 4.78 is 1.44. The minimum Gasteiger partial charge on any atom is -0.324 e. The van der Waals surface area contributed by atoms with Gasteiger partial charge in [-0.3, -0.25) is 14.2 Å². The molecule has 1 atom stereocenters. The number of hydrogen-bond acceptors (Lipinski definition) is 4. The van der Waals surface area contributed by atoms with Crippen LogP contribution in [0.25, 0.3) is 10.2 Å². The molecular formula is C24H29N3O2S. The summed E-state index contributed by atoms with van der Waals surface area (Å²) in [6.45, 7) is 10.8. The van der Waals surface area contributed by atoms with Gasteiger partial charge >= 0.3 is 0 Å². The molecule has 1 N–H and O–H groups in total. The highest BCUT2D eigenvalue weighted by Gasteiger charge is 2.31. The number of rotatable bonds is 3. The van der Waals surface area contributed by atoms with E-state index in [1.165, 1.54) is 15.8 Å². The fourth-order valence-electron chi connectivity index (χ4n) is 4.28. The van der Waals surface area contributed by atoms with E-state index in [2.05, 4.69) is 31.1 Å². The minimum absolute atomic E-state index is 0.0373. The maximum absolute atomic E-state index is 13.2. The van der Waals surface area contributed by atoms with Crippen molar-refractivity contribution in [2.75, 3.05) is 5.32 Å². The number of aryl methyl sites for hydroxylation is 2. The molecule has 0 aliphatic heterocycles. The van der Waals surface area contributed by atoms with Crippen LogP contribution in [-0.2, 0) is 24.2 Å². The van der Waals surface area contributed by atoms with E-state index in [-0.39, 0.29) is 23.4 Å². The molecule has 2 aromatic heterocycles. The van der Waals surface area contributed by atoms with Gasteiger partial charge in [-0.2, -0.15) is 0 Å². The number of fused-ring (bicyclic) bond motifs is 3.